The topological polar surface area (TPSA) is 75.2 Å². The molecule has 2 rings (SSSR count). The van der Waals surface area contributed by atoms with Gasteiger partial charge in [0.1, 0.15) is 0 Å². The van der Waals surface area contributed by atoms with Crippen molar-refractivity contribution < 1.29 is 9.59 Å². The molecule has 1 unspecified atom stereocenters. The lowest BCUT2D eigenvalue weighted by Crippen LogP contribution is -2.35. The van der Waals surface area contributed by atoms with Crippen molar-refractivity contribution in [3.05, 3.63) is 18.0 Å². The maximum Gasteiger partial charge on any atom is 0.225 e. The molecule has 1 atom stereocenters. The van der Waals surface area contributed by atoms with Crippen molar-refractivity contribution in [3.8, 4) is 0 Å². The SMILES string of the molecule is CC(=O)NC1CCN(c2ncc(C=O)cn2)C1. The van der Waals surface area contributed by atoms with Crippen LogP contribution in [0.25, 0.3) is 0 Å². The minimum absolute atomic E-state index is 0.0194. The third-order valence-corrected chi connectivity index (χ3v) is 2.67. The lowest BCUT2D eigenvalue weighted by molar-refractivity contribution is -0.119. The number of carbonyl (C=O) groups is 2. The Hall–Kier alpha value is -1.98. The second kappa shape index (κ2) is 4.90. The largest absolute Gasteiger partial charge is 0.352 e. The van der Waals surface area contributed by atoms with Crippen LogP contribution in [0.2, 0.25) is 0 Å². The van der Waals surface area contributed by atoms with Gasteiger partial charge in [0.05, 0.1) is 5.56 Å². The predicted octanol–water partition coefficient (Wildman–Crippen LogP) is 0.00390. The third-order valence-electron chi connectivity index (χ3n) is 2.67. The summed E-state index contributed by atoms with van der Waals surface area (Å²) in [7, 11) is 0. The quantitative estimate of drug-likeness (QED) is 0.745. The maximum atomic E-state index is 10.9. The van der Waals surface area contributed by atoms with E-state index in [-0.39, 0.29) is 11.9 Å². The van der Waals surface area contributed by atoms with E-state index >= 15 is 0 Å². The Kier molecular flexibility index (Phi) is 3.32. The van der Waals surface area contributed by atoms with E-state index in [0.29, 0.717) is 24.3 Å². The number of aldehydes is 1. The zero-order chi connectivity index (χ0) is 12.3. The van der Waals surface area contributed by atoms with Gasteiger partial charge in [-0.25, -0.2) is 9.97 Å². The monoisotopic (exact) mass is 234 g/mol. The van der Waals surface area contributed by atoms with Crippen molar-refractivity contribution in [2.75, 3.05) is 18.0 Å². The van der Waals surface area contributed by atoms with Crippen LogP contribution in [0, 0.1) is 0 Å². The molecule has 6 nitrogen and oxygen atoms in total. The zero-order valence-electron chi connectivity index (χ0n) is 9.59. The highest BCUT2D eigenvalue weighted by atomic mass is 16.1. The molecule has 0 radical (unpaired) electrons. The highest BCUT2D eigenvalue weighted by Crippen LogP contribution is 2.15. The molecule has 1 amide bonds. The Morgan fingerprint density at radius 2 is 2.24 bits per heavy atom. The first-order valence-electron chi connectivity index (χ1n) is 5.48. The molecular formula is C11H14N4O2. The van der Waals surface area contributed by atoms with Gasteiger partial charge in [-0.05, 0) is 6.42 Å². The molecule has 1 fully saturated rings. The van der Waals surface area contributed by atoms with Crippen LogP contribution in [-0.4, -0.2) is 41.3 Å². The molecule has 1 aromatic rings. The Labute approximate surface area is 99.1 Å². The molecule has 1 aromatic heterocycles. The third kappa shape index (κ3) is 2.77. The van der Waals surface area contributed by atoms with Gasteiger partial charge < -0.3 is 10.2 Å². The van der Waals surface area contributed by atoms with E-state index < -0.39 is 0 Å². The molecule has 0 aromatic carbocycles. The van der Waals surface area contributed by atoms with E-state index in [1.807, 2.05) is 4.90 Å². The van der Waals surface area contributed by atoms with Crippen LogP contribution in [0.15, 0.2) is 12.4 Å². The van der Waals surface area contributed by atoms with E-state index in [9.17, 15) is 9.59 Å². The molecule has 0 bridgehead atoms. The molecule has 1 N–H and O–H groups in total. The number of nitrogens with one attached hydrogen (secondary N) is 1. The fourth-order valence-electron chi connectivity index (χ4n) is 1.90. The van der Waals surface area contributed by atoms with Gasteiger partial charge in [0, 0.05) is 38.4 Å². The summed E-state index contributed by atoms with van der Waals surface area (Å²) in [6, 6.07) is 0.154. The zero-order valence-corrected chi connectivity index (χ0v) is 9.59. The van der Waals surface area contributed by atoms with E-state index in [4.69, 9.17) is 0 Å². The van der Waals surface area contributed by atoms with Crippen LogP contribution >= 0.6 is 0 Å². The first-order chi connectivity index (χ1) is 8.19. The Morgan fingerprint density at radius 3 is 2.82 bits per heavy atom. The van der Waals surface area contributed by atoms with E-state index in [1.165, 1.54) is 19.3 Å². The standard InChI is InChI=1S/C11H14N4O2/c1-8(17)14-10-2-3-15(6-10)11-12-4-9(7-16)5-13-11/h4-5,7,10H,2-3,6H2,1H3,(H,14,17). The number of hydrogen-bond donors (Lipinski definition) is 1. The van der Waals surface area contributed by atoms with Gasteiger partial charge in [0.15, 0.2) is 6.29 Å². The lowest BCUT2D eigenvalue weighted by Gasteiger charge is -2.16. The molecule has 1 aliphatic rings. The summed E-state index contributed by atoms with van der Waals surface area (Å²) >= 11 is 0. The van der Waals surface area contributed by atoms with Crippen LogP contribution in [0.1, 0.15) is 23.7 Å². The average molecular weight is 234 g/mol. The Bertz CT molecular complexity index is 418. The fourth-order valence-corrected chi connectivity index (χ4v) is 1.90. The first kappa shape index (κ1) is 11.5. The van der Waals surface area contributed by atoms with Gasteiger partial charge in [0.2, 0.25) is 11.9 Å². The molecule has 1 aliphatic heterocycles. The summed E-state index contributed by atoms with van der Waals surface area (Å²) in [6.07, 6.45) is 4.61. The number of rotatable bonds is 3. The van der Waals surface area contributed by atoms with Gasteiger partial charge in [-0.2, -0.15) is 0 Å². The van der Waals surface area contributed by atoms with Crippen molar-refractivity contribution in [2.45, 2.75) is 19.4 Å². The van der Waals surface area contributed by atoms with Crippen molar-refractivity contribution in [3.63, 3.8) is 0 Å². The summed E-state index contributed by atoms with van der Waals surface area (Å²) in [4.78, 5) is 31.6. The summed E-state index contributed by atoms with van der Waals surface area (Å²) in [6.45, 7) is 3.03. The molecule has 6 heteroatoms. The molecule has 0 aliphatic carbocycles. The number of hydrogen-bond acceptors (Lipinski definition) is 5. The van der Waals surface area contributed by atoms with Crippen molar-refractivity contribution in [1.82, 2.24) is 15.3 Å². The van der Waals surface area contributed by atoms with Crippen molar-refractivity contribution >= 4 is 18.1 Å². The van der Waals surface area contributed by atoms with Crippen LogP contribution < -0.4 is 10.2 Å². The number of nitrogens with zero attached hydrogens (tertiary/aromatic N) is 3. The molecule has 17 heavy (non-hydrogen) atoms. The van der Waals surface area contributed by atoms with Gasteiger partial charge in [-0.1, -0.05) is 0 Å². The highest BCUT2D eigenvalue weighted by Gasteiger charge is 2.24. The molecule has 90 valence electrons. The molecule has 1 saturated heterocycles. The molecular weight excluding hydrogens is 220 g/mol. The summed E-state index contributed by atoms with van der Waals surface area (Å²) < 4.78 is 0. The summed E-state index contributed by atoms with van der Waals surface area (Å²) in [5, 5.41) is 2.87. The number of anilines is 1. The van der Waals surface area contributed by atoms with Crippen LogP contribution in [0.4, 0.5) is 5.95 Å². The maximum absolute atomic E-state index is 10.9. The number of aromatic nitrogens is 2. The summed E-state index contributed by atoms with van der Waals surface area (Å²) in [5.41, 5.74) is 0.464. The van der Waals surface area contributed by atoms with Gasteiger partial charge in [-0.15, -0.1) is 0 Å². The lowest BCUT2D eigenvalue weighted by atomic mass is 10.3. The number of carbonyl (C=O) groups excluding carboxylic acids is 2. The van der Waals surface area contributed by atoms with Gasteiger partial charge in [-0.3, -0.25) is 9.59 Å². The smallest absolute Gasteiger partial charge is 0.225 e. The second-order valence-corrected chi connectivity index (χ2v) is 4.07. The van der Waals surface area contributed by atoms with Crippen LogP contribution in [0.3, 0.4) is 0 Å². The molecule has 0 spiro atoms. The Balaban J connectivity index is 1.99. The normalized spacial score (nSPS) is 19.1. The highest BCUT2D eigenvalue weighted by molar-refractivity contribution is 5.74. The molecule has 0 saturated carbocycles. The number of amides is 1. The fraction of sp³-hybridized carbons (Fsp3) is 0.455. The van der Waals surface area contributed by atoms with E-state index in [1.54, 1.807) is 0 Å². The summed E-state index contributed by atoms with van der Waals surface area (Å²) in [5.74, 6) is 0.581. The second-order valence-electron chi connectivity index (χ2n) is 4.07. The van der Waals surface area contributed by atoms with E-state index in [2.05, 4.69) is 15.3 Å². The van der Waals surface area contributed by atoms with Gasteiger partial charge in [0.25, 0.3) is 0 Å². The van der Waals surface area contributed by atoms with Crippen molar-refractivity contribution in [1.29, 1.82) is 0 Å². The predicted molar refractivity (Wildman–Crippen MR) is 61.9 cm³/mol. The van der Waals surface area contributed by atoms with Gasteiger partial charge >= 0.3 is 0 Å². The van der Waals surface area contributed by atoms with Crippen LogP contribution in [0.5, 0.6) is 0 Å². The minimum atomic E-state index is -0.0194. The van der Waals surface area contributed by atoms with Crippen molar-refractivity contribution in [2.24, 2.45) is 0 Å². The Morgan fingerprint density at radius 1 is 1.53 bits per heavy atom. The van der Waals surface area contributed by atoms with Crippen LogP contribution in [-0.2, 0) is 4.79 Å². The molecule has 2 heterocycles. The average Bonchev–Trinajstić information content (AvgIpc) is 2.77. The first-order valence-corrected chi connectivity index (χ1v) is 5.48. The van der Waals surface area contributed by atoms with E-state index in [0.717, 1.165) is 13.0 Å². The minimum Gasteiger partial charge on any atom is -0.352 e.